The number of benzene rings is 1. The molecule has 2 rings (SSSR count). The Morgan fingerprint density at radius 1 is 1.50 bits per heavy atom. The van der Waals surface area contributed by atoms with Gasteiger partial charge in [0.15, 0.2) is 0 Å². The van der Waals surface area contributed by atoms with E-state index in [1.165, 1.54) is 12.5 Å². The monoisotopic (exact) mass is 343 g/mol. The summed E-state index contributed by atoms with van der Waals surface area (Å²) in [6, 6.07) is 5.57. The molecule has 0 saturated carbocycles. The highest BCUT2D eigenvalue weighted by molar-refractivity contribution is 9.10. The summed E-state index contributed by atoms with van der Waals surface area (Å²) in [6.07, 6.45) is 2.33. The van der Waals surface area contributed by atoms with Crippen LogP contribution in [0.3, 0.4) is 0 Å². The van der Waals surface area contributed by atoms with E-state index in [0.29, 0.717) is 18.2 Å². The third-order valence-corrected chi connectivity index (χ3v) is 4.63. The van der Waals surface area contributed by atoms with Gasteiger partial charge in [-0.05, 0) is 51.7 Å². The Balaban J connectivity index is 2.21. The lowest BCUT2D eigenvalue weighted by atomic mass is 9.98. The molecular formula is C15H23BrFN3. The van der Waals surface area contributed by atoms with Gasteiger partial charge in [0, 0.05) is 35.2 Å². The Morgan fingerprint density at radius 3 is 2.90 bits per heavy atom. The first-order valence-electron chi connectivity index (χ1n) is 7.08. The van der Waals surface area contributed by atoms with Crippen LogP contribution in [0.2, 0.25) is 0 Å². The van der Waals surface area contributed by atoms with E-state index >= 15 is 0 Å². The van der Waals surface area contributed by atoms with E-state index in [-0.39, 0.29) is 11.9 Å². The highest BCUT2D eigenvalue weighted by atomic mass is 79.9. The van der Waals surface area contributed by atoms with Gasteiger partial charge in [0.25, 0.3) is 0 Å². The van der Waals surface area contributed by atoms with Gasteiger partial charge in [-0.2, -0.15) is 0 Å². The average molecular weight is 344 g/mol. The van der Waals surface area contributed by atoms with E-state index in [4.69, 9.17) is 5.73 Å². The van der Waals surface area contributed by atoms with Crippen LogP contribution >= 0.6 is 15.9 Å². The topological polar surface area (TPSA) is 32.5 Å². The first kappa shape index (κ1) is 15.9. The number of halogens is 2. The van der Waals surface area contributed by atoms with Crippen molar-refractivity contribution in [3.63, 3.8) is 0 Å². The summed E-state index contributed by atoms with van der Waals surface area (Å²) in [5, 5.41) is 0. The quantitative estimate of drug-likeness (QED) is 0.911. The van der Waals surface area contributed by atoms with Gasteiger partial charge in [0.05, 0.1) is 0 Å². The van der Waals surface area contributed by atoms with Gasteiger partial charge >= 0.3 is 0 Å². The van der Waals surface area contributed by atoms with Gasteiger partial charge in [-0.15, -0.1) is 0 Å². The molecule has 2 N–H and O–H groups in total. The normalized spacial score (nSPS) is 22.2. The molecule has 20 heavy (non-hydrogen) atoms. The van der Waals surface area contributed by atoms with Crippen molar-refractivity contribution in [1.82, 2.24) is 9.80 Å². The van der Waals surface area contributed by atoms with Crippen molar-refractivity contribution in [1.29, 1.82) is 0 Å². The number of likely N-dealkylation sites (N-methyl/N-ethyl adjacent to an activating group) is 1. The molecule has 5 heteroatoms. The Hall–Kier alpha value is -0.490. The van der Waals surface area contributed by atoms with E-state index < -0.39 is 0 Å². The van der Waals surface area contributed by atoms with Gasteiger partial charge in [0.1, 0.15) is 5.82 Å². The largest absolute Gasteiger partial charge is 0.329 e. The van der Waals surface area contributed by atoms with E-state index in [9.17, 15) is 4.39 Å². The van der Waals surface area contributed by atoms with Crippen LogP contribution in [0.4, 0.5) is 4.39 Å². The van der Waals surface area contributed by atoms with Crippen molar-refractivity contribution in [2.24, 2.45) is 5.73 Å². The summed E-state index contributed by atoms with van der Waals surface area (Å²) in [7, 11) is 4.20. The summed E-state index contributed by atoms with van der Waals surface area (Å²) in [5.74, 6) is -0.171. The maximum atomic E-state index is 14.1. The van der Waals surface area contributed by atoms with Crippen LogP contribution in [0.25, 0.3) is 0 Å². The van der Waals surface area contributed by atoms with Crippen LogP contribution in [0.1, 0.15) is 24.4 Å². The highest BCUT2D eigenvalue weighted by Crippen LogP contribution is 2.28. The predicted octanol–water partition coefficient (Wildman–Crippen LogP) is 2.61. The molecule has 1 aromatic rings. The Labute approximate surface area is 129 Å². The molecular weight excluding hydrogens is 321 g/mol. The first-order valence-corrected chi connectivity index (χ1v) is 7.87. The van der Waals surface area contributed by atoms with E-state index in [0.717, 1.165) is 24.0 Å². The molecule has 1 fully saturated rings. The second-order valence-electron chi connectivity index (χ2n) is 5.67. The zero-order valence-corrected chi connectivity index (χ0v) is 13.7. The highest BCUT2D eigenvalue weighted by Gasteiger charge is 2.28. The molecule has 0 bridgehead atoms. The maximum absolute atomic E-state index is 14.1. The lowest BCUT2D eigenvalue weighted by molar-refractivity contribution is 0.0969. The second-order valence-corrected chi connectivity index (χ2v) is 6.59. The van der Waals surface area contributed by atoms with Crippen LogP contribution in [-0.4, -0.2) is 49.6 Å². The molecule has 1 aliphatic rings. The molecule has 2 unspecified atom stereocenters. The average Bonchev–Trinajstić information content (AvgIpc) is 2.44. The van der Waals surface area contributed by atoms with Crippen molar-refractivity contribution < 1.29 is 4.39 Å². The number of hydrogen-bond donors (Lipinski definition) is 1. The summed E-state index contributed by atoms with van der Waals surface area (Å²) in [6.45, 7) is 2.37. The van der Waals surface area contributed by atoms with Crippen molar-refractivity contribution in [3.8, 4) is 0 Å². The molecule has 3 nitrogen and oxygen atoms in total. The smallest absolute Gasteiger partial charge is 0.128 e. The van der Waals surface area contributed by atoms with Crippen LogP contribution in [0, 0.1) is 5.82 Å². The van der Waals surface area contributed by atoms with Crippen molar-refractivity contribution in [2.75, 3.05) is 33.7 Å². The standard InChI is InChI=1S/C15H23BrFN3/c1-19(2)12-4-3-7-20(10-12)15(9-18)13-8-11(16)5-6-14(13)17/h5-6,8,12,15H,3-4,7,9-10,18H2,1-2H3. The fraction of sp³-hybridized carbons (Fsp3) is 0.600. The Morgan fingerprint density at radius 2 is 2.25 bits per heavy atom. The fourth-order valence-electron chi connectivity index (χ4n) is 2.93. The first-order chi connectivity index (χ1) is 9.52. The summed E-state index contributed by atoms with van der Waals surface area (Å²) in [4.78, 5) is 4.57. The molecule has 2 atom stereocenters. The molecule has 1 aliphatic heterocycles. The molecule has 0 aliphatic carbocycles. The van der Waals surface area contributed by atoms with Gasteiger partial charge in [-0.25, -0.2) is 4.39 Å². The Bertz CT molecular complexity index is 453. The molecule has 0 spiro atoms. The zero-order chi connectivity index (χ0) is 14.7. The van der Waals surface area contributed by atoms with Crippen molar-refractivity contribution in [3.05, 3.63) is 34.1 Å². The third-order valence-electron chi connectivity index (χ3n) is 4.14. The van der Waals surface area contributed by atoms with Gasteiger partial charge < -0.3 is 10.6 Å². The van der Waals surface area contributed by atoms with Gasteiger partial charge in [0.2, 0.25) is 0 Å². The molecule has 1 saturated heterocycles. The zero-order valence-electron chi connectivity index (χ0n) is 12.1. The minimum atomic E-state index is -0.171. The third kappa shape index (κ3) is 3.58. The Kier molecular flexibility index (Phi) is 5.55. The van der Waals surface area contributed by atoms with Crippen LogP contribution in [-0.2, 0) is 0 Å². The number of nitrogens with zero attached hydrogens (tertiary/aromatic N) is 2. The van der Waals surface area contributed by atoms with E-state index in [1.54, 1.807) is 6.07 Å². The van der Waals surface area contributed by atoms with Crippen LogP contribution in [0.15, 0.2) is 22.7 Å². The summed E-state index contributed by atoms with van der Waals surface area (Å²) >= 11 is 3.42. The summed E-state index contributed by atoms with van der Waals surface area (Å²) in [5.41, 5.74) is 6.63. The molecule has 112 valence electrons. The molecule has 1 aromatic carbocycles. The second kappa shape index (κ2) is 6.98. The number of hydrogen-bond acceptors (Lipinski definition) is 3. The predicted molar refractivity (Wildman–Crippen MR) is 84.2 cm³/mol. The number of likely N-dealkylation sites (tertiary alicyclic amines) is 1. The number of rotatable bonds is 4. The van der Waals surface area contributed by atoms with Crippen molar-refractivity contribution >= 4 is 15.9 Å². The SMILES string of the molecule is CN(C)C1CCCN(C(CN)c2cc(Br)ccc2F)C1. The number of nitrogens with two attached hydrogens (primary N) is 1. The van der Waals surface area contributed by atoms with E-state index in [2.05, 4.69) is 39.8 Å². The van der Waals surface area contributed by atoms with Crippen LogP contribution in [0.5, 0.6) is 0 Å². The molecule has 0 amide bonds. The fourth-order valence-corrected chi connectivity index (χ4v) is 3.31. The molecule has 0 radical (unpaired) electrons. The van der Waals surface area contributed by atoms with Gasteiger partial charge in [-0.3, -0.25) is 4.90 Å². The van der Waals surface area contributed by atoms with Crippen LogP contribution < -0.4 is 5.73 Å². The minimum Gasteiger partial charge on any atom is -0.329 e. The maximum Gasteiger partial charge on any atom is 0.128 e. The van der Waals surface area contributed by atoms with Crippen molar-refractivity contribution in [2.45, 2.75) is 24.9 Å². The molecule has 0 aromatic heterocycles. The lowest BCUT2D eigenvalue weighted by Crippen LogP contribution is -2.48. The molecule has 1 heterocycles. The van der Waals surface area contributed by atoms with E-state index in [1.807, 2.05) is 6.07 Å². The minimum absolute atomic E-state index is 0.0461. The summed E-state index contributed by atoms with van der Waals surface area (Å²) < 4.78 is 15.0. The number of piperidine rings is 1. The van der Waals surface area contributed by atoms with Gasteiger partial charge in [-0.1, -0.05) is 15.9 Å². The lowest BCUT2D eigenvalue weighted by Gasteiger charge is -2.40.